The number of carbonyl (C=O) groups is 1. The van der Waals surface area contributed by atoms with Crippen molar-refractivity contribution in [2.24, 2.45) is 0 Å². The highest BCUT2D eigenvalue weighted by Crippen LogP contribution is 2.20. The molecule has 0 unspecified atom stereocenters. The van der Waals surface area contributed by atoms with Crippen molar-refractivity contribution in [3.63, 3.8) is 0 Å². The number of sulfone groups is 1. The number of likely N-dealkylation sites (N-methyl/N-ethyl adjacent to an activating group) is 1. The largest absolute Gasteiger partial charge is 0.395 e. The Kier molecular flexibility index (Phi) is 5.04. The summed E-state index contributed by atoms with van der Waals surface area (Å²) in [5.41, 5.74) is 0. The predicted octanol–water partition coefficient (Wildman–Crippen LogP) is -0.521. The topological polar surface area (TPSA) is 77.9 Å². The second-order valence-electron chi connectivity index (χ2n) is 5.69. The molecule has 2 aliphatic rings. The maximum Gasteiger partial charge on any atom is 0.237 e. The van der Waals surface area contributed by atoms with Gasteiger partial charge in [-0.2, -0.15) is 0 Å². The molecule has 0 radical (unpaired) electrons. The van der Waals surface area contributed by atoms with Crippen LogP contribution in [0.3, 0.4) is 0 Å². The quantitative estimate of drug-likeness (QED) is 0.739. The zero-order chi connectivity index (χ0) is 14.8. The third-order valence-corrected chi connectivity index (χ3v) is 6.11. The zero-order valence-electron chi connectivity index (χ0n) is 12.0. The fourth-order valence-electron chi connectivity index (χ4n) is 3.23. The van der Waals surface area contributed by atoms with Crippen LogP contribution in [-0.2, 0) is 14.6 Å². The minimum absolute atomic E-state index is 0.0186. The fourth-order valence-corrected chi connectivity index (χ4v) is 4.96. The minimum Gasteiger partial charge on any atom is -0.395 e. The van der Waals surface area contributed by atoms with Crippen molar-refractivity contribution in [1.82, 2.24) is 9.80 Å². The molecule has 20 heavy (non-hydrogen) atoms. The maximum absolute atomic E-state index is 12.4. The number of carbonyl (C=O) groups excluding carboxylic acids is 1. The van der Waals surface area contributed by atoms with Gasteiger partial charge in [0, 0.05) is 18.6 Å². The number of amides is 1. The summed E-state index contributed by atoms with van der Waals surface area (Å²) in [7, 11) is -2.97. The van der Waals surface area contributed by atoms with Gasteiger partial charge in [-0.3, -0.25) is 9.69 Å². The lowest BCUT2D eigenvalue weighted by molar-refractivity contribution is -0.134. The normalized spacial score (nSPS) is 29.7. The summed E-state index contributed by atoms with van der Waals surface area (Å²) in [6.45, 7) is 3.62. The molecular weight excluding hydrogens is 280 g/mol. The van der Waals surface area contributed by atoms with Crippen LogP contribution in [0.2, 0.25) is 0 Å². The molecular formula is C13H24N2O4S. The average molecular weight is 304 g/mol. The lowest BCUT2D eigenvalue weighted by Crippen LogP contribution is -2.47. The van der Waals surface area contributed by atoms with Crippen LogP contribution in [-0.4, -0.2) is 79.1 Å². The van der Waals surface area contributed by atoms with E-state index in [0.29, 0.717) is 13.0 Å². The van der Waals surface area contributed by atoms with Crippen LogP contribution >= 0.6 is 0 Å². The molecule has 7 heteroatoms. The first kappa shape index (κ1) is 15.7. The fraction of sp³-hybridized carbons (Fsp3) is 0.923. The van der Waals surface area contributed by atoms with Gasteiger partial charge in [-0.1, -0.05) is 0 Å². The number of nitrogens with zero attached hydrogens (tertiary/aromatic N) is 2. The van der Waals surface area contributed by atoms with Gasteiger partial charge < -0.3 is 10.0 Å². The van der Waals surface area contributed by atoms with E-state index in [2.05, 4.69) is 0 Å². The molecule has 0 spiro atoms. The van der Waals surface area contributed by atoms with E-state index < -0.39 is 9.84 Å². The van der Waals surface area contributed by atoms with Crippen molar-refractivity contribution in [3.05, 3.63) is 0 Å². The van der Waals surface area contributed by atoms with E-state index in [1.54, 1.807) is 4.90 Å². The van der Waals surface area contributed by atoms with Crippen LogP contribution in [0.1, 0.15) is 26.2 Å². The second kappa shape index (κ2) is 6.41. The molecule has 0 aromatic heterocycles. The molecule has 2 atom stereocenters. The molecule has 2 rings (SSSR count). The summed E-state index contributed by atoms with van der Waals surface area (Å²) in [5, 5.41) is 9.28. The molecule has 1 amide bonds. The Labute approximate surface area is 120 Å². The molecule has 116 valence electrons. The number of hydrogen-bond donors (Lipinski definition) is 1. The lowest BCUT2D eigenvalue weighted by Gasteiger charge is -2.30. The highest BCUT2D eigenvalue weighted by atomic mass is 32.2. The number of hydrogen-bond acceptors (Lipinski definition) is 5. The predicted molar refractivity (Wildman–Crippen MR) is 76.1 cm³/mol. The number of likely N-dealkylation sites (tertiary alicyclic amines) is 1. The molecule has 0 saturated carbocycles. The van der Waals surface area contributed by atoms with Crippen LogP contribution in [0, 0.1) is 0 Å². The summed E-state index contributed by atoms with van der Waals surface area (Å²) in [6.07, 6.45) is 2.47. The summed E-state index contributed by atoms with van der Waals surface area (Å²) in [4.78, 5) is 16.1. The van der Waals surface area contributed by atoms with Crippen molar-refractivity contribution < 1.29 is 18.3 Å². The first-order chi connectivity index (χ1) is 9.46. The zero-order valence-corrected chi connectivity index (χ0v) is 12.8. The Bertz CT molecular complexity index is 451. The lowest BCUT2D eigenvalue weighted by atomic mass is 10.2. The molecule has 1 N–H and O–H groups in total. The highest BCUT2D eigenvalue weighted by Gasteiger charge is 2.35. The van der Waals surface area contributed by atoms with Crippen LogP contribution in [0.25, 0.3) is 0 Å². The molecule has 2 saturated heterocycles. The minimum atomic E-state index is -2.97. The van der Waals surface area contributed by atoms with Crippen molar-refractivity contribution in [3.8, 4) is 0 Å². The maximum atomic E-state index is 12.4. The van der Waals surface area contributed by atoms with Crippen LogP contribution in [0.15, 0.2) is 0 Å². The summed E-state index contributed by atoms with van der Waals surface area (Å²) in [6, 6.07) is -0.0994. The van der Waals surface area contributed by atoms with E-state index in [-0.39, 0.29) is 42.6 Å². The van der Waals surface area contributed by atoms with Gasteiger partial charge in [0.05, 0.1) is 24.7 Å². The summed E-state index contributed by atoms with van der Waals surface area (Å²) >= 11 is 0. The Balaban J connectivity index is 1.96. The van der Waals surface area contributed by atoms with Gasteiger partial charge in [0.15, 0.2) is 9.84 Å². The van der Waals surface area contributed by atoms with Gasteiger partial charge in [-0.25, -0.2) is 8.42 Å². The third kappa shape index (κ3) is 3.51. The van der Waals surface area contributed by atoms with Crippen molar-refractivity contribution >= 4 is 15.7 Å². The van der Waals surface area contributed by atoms with Crippen LogP contribution < -0.4 is 0 Å². The Hall–Kier alpha value is -0.660. The van der Waals surface area contributed by atoms with Gasteiger partial charge in [-0.05, 0) is 32.7 Å². The van der Waals surface area contributed by atoms with E-state index >= 15 is 0 Å². The van der Waals surface area contributed by atoms with E-state index in [4.69, 9.17) is 0 Å². The summed E-state index contributed by atoms with van der Waals surface area (Å²) < 4.78 is 23.1. The number of rotatable bonds is 5. The first-order valence-corrected chi connectivity index (χ1v) is 9.13. The van der Waals surface area contributed by atoms with Gasteiger partial charge >= 0.3 is 0 Å². The van der Waals surface area contributed by atoms with Gasteiger partial charge in [0.2, 0.25) is 5.91 Å². The summed E-state index contributed by atoms with van der Waals surface area (Å²) in [5.74, 6) is 0.260. The van der Waals surface area contributed by atoms with E-state index in [9.17, 15) is 18.3 Å². The van der Waals surface area contributed by atoms with E-state index in [1.807, 2.05) is 11.8 Å². The van der Waals surface area contributed by atoms with Gasteiger partial charge in [-0.15, -0.1) is 0 Å². The SMILES string of the molecule is CCN(C(=O)CN1CCC[C@@H]1CO)[C@H]1CCS(=O)(=O)C1. The average Bonchev–Trinajstić information content (AvgIpc) is 2.97. The molecule has 0 aromatic rings. The van der Waals surface area contributed by atoms with Crippen LogP contribution in [0.4, 0.5) is 0 Å². The van der Waals surface area contributed by atoms with E-state index in [0.717, 1.165) is 19.4 Å². The van der Waals surface area contributed by atoms with Gasteiger partial charge in [0.1, 0.15) is 0 Å². The second-order valence-corrected chi connectivity index (χ2v) is 7.91. The third-order valence-electron chi connectivity index (χ3n) is 4.36. The number of aliphatic hydroxyl groups excluding tert-OH is 1. The Morgan fingerprint density at radius 2 is 2.15 bits per heavy atom. The molecule has 2 fully saturated rings. The molecule has 0 aliphatic carbocycles. The smallest absolute Gasteiger partial charge is 0.237 e. The van der Waals surface area contributed by atoms with Gasteiger partial charge in [0.25, 0.3) is 0 Å². The molecule has 0 aromatic carbocycles. The standard InChI is InChI=1S/C13H24N2O4S/c1-2-15(12-5-7-20(18,19)10-12)13(17)8-14-6-3-4-11(14)9-16/h11-12,16H,2-10H2,1H3/t11-,12+/m1/s1. The van der Waals surface area contributed by atoms with Crippen molar-refractivity contribution in [1.29, 1.82) is 0 Å². The molecule has 2 aliphatic heterocycles. The van der Waals surface area contributed by atoms with Crippen LogP contribution in [0.5, 0.6) is 0 Å². The molecule has 2 heterocycles. The molecule has 6 nitrogen and oxygen atoms in total. The monoisotopic (exact) mass is 304 g/mol. The Morgan fingerprint density at radius 1 is 1.40 bits per heavy atom. The first-order valence-electron chi connectivity index (χ1n) is 7.31. The highest BCUT2D eigenvalue weighted by molar-refractivity contribution is 7.91. The van der Waals surface area contributed by atoms with Crippen molar-refractivity contribution in [2.75, 3.05) is 37.7 Å². The number of aliphatic hydroxyl groups is 1. The molecule has 0 bridgehead atoms. The Morgan fingerprint density at radius 3 is 2.70 bits per heavy atom. The van der Waals surface area contributed by atoms with Crippen molar-refractivity contribution in [2.45, 2.75) is 38.3 Å². The van der Waals surface area contributed by atoms with E-state index in [1.165, 1.54) is 0 Å².